The van der Waals surface area contributed by atoms with Crippen molar-refractivity contribution in [3.8, 4) is 0 Å². The molecule has 2 nitrogen and oxygen atoms in total. The fourth-order valence-corrected chi connectivity index (χ4v) is 1.52. The number of rotatable bonds is 3. The normalized spacial score (nSPS) is 12.9. The second-order valence-corrected chi connectivity index (χ2v) is 3.49. The Morgan fingerprint density at radius 1 is 1.46 bits per heavy atom. The molecule has 4 heteroatoms. The number of hydrogen-bond donors (Lipinski definition) is 1. The quantitative estimate of drug-likeness (QED) is 0.849. The van der Waals surface area contributed by atoms with Gasteiger partial charge < -0.3 is 10.5 Å². The van der Waals surface area contributed by atoms with E-state index < -0.39 is 0 Å². The lowest BCUT2D eigenvalue weighted by Gasteiger charge is -2.12. The fourth-order valence-electron chi connectivity index (χ4n) is 1.08. The summed E-state index contributed by atoms with van der Waals surface area (Å²) in [6, 6.07) is 5.17. The first-order chi connectivity index (χ1) is 6.16. The van der Waals surface area contributed by atoms with E-state index in [1.54, 1.807) is 13.2 Å². The Hall–Kier alpha value is -0.280. The molecule has 1 aromatic rings. The molecule has 0 aromatic heterocycles. The van der Waals surface area contributed by atoms with Gasteiger partial charge in [0.15, 0.2) is 0 Å². The molecule has 0 saturated heterocycles. The van der Waals surface area contributed by atoms with E-state index in [4.69, 9.17) is 33.7 Å². The zero-order valence-corrected chi connectivity index (χ0v) is 8.77. The van der Waals surface area contributed by atoms with Gasteiger partial charge in [0, 0.05) is 7.11 Å². The maximum atomic E-state index is 5.96. The van der Waals surface area contributed by atoms with Crippen LogP contribution in [0.5, 0.6) is 0 Å². The maximum absolute atomic E-state index is 5.96. The van der Waals surface area contributed by atoms with Gasteiger partial charge in [-0.15, -0.1) is 0 Å². The number of nitrogens with two attached hydrogens (primary N) is 1. The maximum Gasteiger partial charge on any atom is 0.0656 e. The molecule has 0 aliphatic heterocycles. The van der Waals surface area contributed by atoms with E-state index in [1.165, 1.54) is 0 Å². The van der Waals surface area contributed by atoms with Gasteiger partial charge in [-0.1, -0.05) is 35.3 Å². The highest BCUT2D eigenvalue weighted by Crippen LogP contribution is 2.28. The van der Waals surface area contributed by atoms with E-state index in [-0.39, 0.29) is 6.04 Å². The van der Waals surface area contributed by atoms with Gasteiger partial charge in [0.05, 0.1) is 22.7 Å². The van der Waals surface area contributed by atoms with Gasteiger partial charge in [-0.3, -0.25) is 0 Å². The predicted octanol–water partition coefficient (Wildman–Crippen LogP) is 2.64. The first kappa shape index (κ1) is 10.8. The average Bonchev–Trinajstić information content (AvgIpc) is 2.10. The Labute approximate surface area is 87.6 Å². The van der Waals surface area contributed by atoms with Gasteiger partial charge in [-0.05, 0) is 11.6 Å². The number of ether oxygens (including phenoxy) is 1. The Kier molecular flexibility index (Phi) is 4.00. The minimum absolute atomic E-state index is 0.226. The first-order valence-corrected chi connectivity index (χ1v) is 4.61. The average molecular weight is 220 g/mol. The number of halogens is 2. The summed E-state index contributed by atoms with van der Waals surface area (Å²) >= 11 is 11.8. The van der Waals surface area contributed by atoms with Gasteiger partial charge in [0.1, 0.15) is 0 Å². The molecule has 1 aromatic carbocycles. The number of benzene rings is 1. The molecular weight excluding hydrogens is 209 g/mol. The van der Waals surface area contributed by atoms with Crippen LogP contribution in [0.3, 0.4) is 0 Å². The van der Waals surface area contributed by atoms with Crippen molar-refractivity contribution in [1.82, 2.24) is 0 Å². The van der Waals surface area contributed by atoms with Crippen LogP contribution in [0.4, 0.5) is 0 Å². The van der Waals surface area contributed by atoms with Gasteiger partial charge in [-0.25, -0.2) is 0 Å². The van der Waals surface area contributed by atoms with Crippen LogP contribution in [-0.4, -0.2) is 13.7 Å². The summed E-state index contributed by atoms with van der Waals surface area (Å²) < 4.78 is 4.93. The van der Waals surface area contributed by atoms with Gasteiger partial charge in [-0.2, -0.15) is 0 Å². The zero-order chi connectivity index (χ0) is 9.84. The molecule has 0 saturated carbocycles. The third-order valence-corrected chi connectivity index (χ3v) is 2.56. The lowest BCUT2D eigenvalue weighted by molar-refractivity contribution is 0.181. The highest BCUT2D eigenvalue weighted by molar-refractivity contribution is 6.42. The van der Waals surface area contributed by atoms with Crippen LogP contribution in [0, 0.1) is 0 Å². The summed E-state index contributed by atoms with van der Waals surface area (Å²) in [5.41, 5.74) is 6.62. The van der Waals surface area contributed by atoms with Crippen LogP contribution in [-0.2, 0) is 4.74 Å². The van der Waals surface area contributed by atoms with Crippen LogP contribution in [0.15, 0.2) is 18.2 Å². The predicted molar refractivity (Wildman–Crippen MR) is 55.3 cm³/mol. The van der Waals surface area contributed by atoms with Crippen molar-refractivity contribution in [3.63, 3.8) is 0 Å². The van der Waals surface area contributed by atoms with Crippen molar-refractivity contribution < 1.29 is 4.74 Å². The summed E-state index contributed by atoms with van der Waals surface area (Å²) in [7, 11) is 1.60. The van der Waals surface area contributed by atoms with Gasteiger partial charge >= 0.3 is 0 Å². The van der Waals surface area contributed by atoms with Crippen LogP contribution in [0.2, 0.25) is 10.0 Å². The topological polar surface area (TPSA) is 35.2 Å². The summed E-state index contributed by atoms with van der Waals surface area (Å²) in [5, 5.41) is 1.03. The van der Waals surface area contributed by atoms with Crippen LogP contribution in [0.1, 0.15) is 11.6 Å². The Morgan fingerprint density at radius 2 is 2.15 bits per heavy atom. The SMILES string of the molecule is COC[C@H](N)c1cccc(Cl)c1Cl. The van der Waals surface area contributed by atoms with E-state index >= 15 is 0 Å². The van der Waals surface area contributed by atoms with Crippen LogP contribution < -0.4 is 5.73 Å². The highest BCUT2D eigenvalue weighted by atomic mass is 35.5. The summed E-state index contributed by atoms with van der Waals surface area (Å²) in [6.07, 6.45) is 0. The van der Waals surface area contributed by atoms with Crippen molar-refractivity contribution in [2.75, 3.05) is 13.7 Å². The van der Waals surface area contributed by atoms with Crippen molar-refractivity contribution in [3.05, 3.63) is 33.8 Å². The Morgan fingerprint density at radius 3 is 2.77 bits per heavy atom. The molecule has 72 valence electrons. The third-order valence-electron chi connectivity index (χ3n) is 1.73. The molecule has 1 rings (SSSR count). The van der Waals surface area contributed by atoms with Gasteiger partial charge in [0.2, 0.25) is 0 Å². The number of hydrogen-bond acceptors (Lipinski definition) is 2. The Balaban J connectivity index is 2.93. The summed E-state index contributed by atoms with van der Waals surface area (Å²) in [6.45, 7) is 0.431. The smallest absolute Gasteiger partial charge is 0.0656 e. The second kappa shape index (κ2) is 4.82. The van der Waals surface area contributed by atoms with E-state index in [0.29, 0.717) is 16.7 Å². The highest BCUT2D eigenvalue weighted by Gasteiger charge is 2.11. The van der Waals surface area contributed by atoms with Crippen molar-refractivity contribution in [1.29, 1.82) is 0 Å². The molecule has 0 amide bonds. The molecule has 2 N–H and O–H groups in total. The fraction of sp³-hybridized carbons (Fsp3) is 0.333. The van der Waals surface area contributed by atoms with Crippen molar-refractivity contribution in [2.45, 2.75) is 6.04 Å². The molecule has 0 unspecified atom stereocenters. The molecular formula is C9H11Cl2NO. The molecule has 0 aliphatic rings. The molecule has 0 fully saturated rings. The minimum atomic E-state index is -0.226. The number of methoxy groups -OCH3 is 1. The van der Waals surface area contributed by atoms with Gasteiger partial charge in [0.25, 0.3) is 0 Å². The van der Waals surface area contributed by atoms with Crippen LogP contribution >= 0.6 is 23.2 Å². The van der Waals surface area contributed by atoms with E-state index in [1.807, 2.05) is 12.1 Å². The molecule has 0 radical (unpaired) electrons. The zero-order valence-electron chi connectivity index (χ0n) is 7.26. The molecule has 0 spiro atoms. The largest absolute Gasteiger partial charge is 0.383 e. The van der Waals surface area contributed by atoms with Crippen molar-refractivity contribution >= 4 is 23.2 Å². The molecule has 0 bridgehead atoms. The Bertz CT molecular complexity index is 291. The third kappa shape index (κ3) is 2.58. The lowest BCUT2D eigenvalue weighted by Crippen LogP contribution is -2.16. The second-order valence-electron chi connectivity index (χ2n) is 2.70. The molecule has 0 heterocycles. The van der Waals surface area contributed by atoms with Crippen molar-refractivity contribution in [2.24, 2.45) is 5.73 Å². The standard InChI is InChI=1S/C9H11Cl2NO/c1-13-5-8(12)6-3-2-4-7(10)9(6)11/h2-4,8H,5,12H2,1H3/t8-/m0/s1. The molecule has 13 heavy (non-hydrogen) atoms. The first-order valence-electron chi connectivity index (χ1n) is 3.85. The van der Waals surface area contributed by atoms with E-state index in [9.17, 15) is 0 Å². The van der Waals surface area contributed by atoms with Crippen LogP contribution in [0.25, 0.3) is 0 Å². The summed E-state index contributed by atoms with van der Waals surface area (Å²) in [4.78, 5) is 0. The van der Waals surface area contributed by atoms with E-state index in [2.05, 4.69) is 0 Å². The lowest BCUT2D eigenvalue weighted by atomic mass is 10.1. The molecule has 0 aliphatic carbocycles. The summed E-state index contributed by atoms with van der Waals surface area (Å²) in [5.74, 6) is 0. The minimum Gasteiger partial charge on any atom is -0.383 e. The molecule has 1 atom stereocenters. The monoisotopic (exact) mass is 219 g/mol. The van der Waals surface area contributed by atoms with E-state index in [0.717, 1.165) is 5.56 Å².